The summed E-state index contributed by atoms with van der Waals surface area (Å²) in [7, 11) is 0. The van der Waals surface area contributed by atoms with E-state index < -0.39 is 0 Å². The van der Waals surface area contributed by atoms with Crippen molar-refractivity contribution in [1.82, 2.24) is 15.2 Å². The van der Waals surface area contributed by atoms with Crippen LogP contribution < -0.4 is 4.90 Å². The number of carbonyl (C=O) groups excluding carboxylic acids is 1. The van der Waals surface area contributed by atoms with Crippen molar-refractivity contribution in [3.8, 4) is 22.9 Å². The van der Waals surface area contributed by atoms with E-state index in [2.05, 4.69) is 20.1 Å². The van der Waals surface area contributed by atoms with Crippen molar-refractivity contribution >= 4 is 11.8 Å². The first-order valence-corrected chi connectivity index (χ1v) is 9.93. The molecule has 0 amide bonds. The second kappa shape index (κ2) is 8.43. The van der Waals surface area contributed by atoms with Crippen LogP contribution >= 0.6 is 0 Å². The molecule has 1 aromatic carbocycles. The predicted molar refractivity (Wildman–Crippen MR) is 109 cm³/mol. The molecule has 3 aromatic rings. The molecule has 7 heteroatoms. The van der Waals surface area contributed by atoms with Crippen molar-refractivity contribution in [1.29, 1.82) is 0 Å². The van der Waals surface area contributed by atoms with Crippen molar-refractivity contribution < 1.29 is 13.9 Å². The van der Waals surface area contributed by atoms with E-state index in [1.165, 1.54) is 5.56 Å². The predicted octanol–water partition coefficient (Wildman–Crippen LogP) is 3.89. The van der Waals surface area contributed by atoms with Crippen LogP contribution in [0.25, 0.3) is 22.9 Å². The molecule has 29 heavy (non-hydrogen) atoms. The second-order valence-electron chi connectivity index (χ2n) is 7.19. The van der Waals surface area contributed by atoms with Gasteiger partial charge in [-0.15, -0.1) is 10.2 Å². The van der Waals surface area contributed by atoms with Crippen LogP contribution in [0.5, 0.6) is 0 Å². The van der Waals surface area contributed by atoms with Crippen molar-refractivity contribution in [2.24, 2.45) is 5.92 Å². The zero-order chi connectivity index (χ0) is 20.2. The van der Waals surface area contributed by atoms with Crippen LogP contribution in [0.2, 0.25) is 0 Å². The molecule has 0 N–H and O–H groups in total. The number of hydrogen-bond acceptors (Lipinski definition) is 7. The van der Waals surface area contributed by atoms with Gasteiger partial charge in [0.05, 0.1) is 18.1 Å². The van der Waals surface area contributed by atoms with Crippen LogP contribution in [0.1, 0.15) is 25.3 Å². The summed E-state index contributed by atoms with van der Waals surface area (Å²) in [4.78, 5) is 18.9. The molecule has 1 aliphatic heterocycles. The maximum atomic E-state index is 12.2. The van der Waals surface area contributed by atoms with Crippen molar-refractivity contribution in [2.75, 3.05) is 24.6 Å². The Morgan fingerprint density at radius 1 is 1.21 bits per heavy atom. The van der Waals surface area contributed by atoms with E-state index in [0.29, 0.717) is 24.9 Å². The molecular formula is C22H24N4O3. The van der Waals surface area contributed by atoms with Gasteiger partial charge in [0, 0.05) is 24.8 Å². The lowest BCUT2D eigenvalue weighted by atomic mass is 9.98. The minimum absolute atomic E-state index is 0.144. The van der Waals surface area contributed by atoms with Crippen LogP contribution in [-0.2, 0) is 9.53 Å². The van der Waals surface area contributed by atoms with Crippen molar-refractivity contribution in [3.05, 3.63) is 48.2 Å². The fourth-order valence-electron chi connectivity index (χ4n) is 3.58. The van der Waals surface area contributed by atoms with E-state index in [0.717, 1.165) is 36.3 Å². The molecule has 0 saturated carbocycles. The van der Waals surface area contributed by atoms with Crippen LogP contribution in [0.4, 0.5) is 5.82 Å². The average Bonchev–Trinajstić information content (AvgIpc) is 3.25. The van der Waals surface area contributed by atoms with Gasteiger partial charge in [-0.05, 0) is 51.0 Å². The van der Waals surface area contributed by atoms with Crippen LogP contribution in [0, 0.1) is 12.8 Å². The SMILES string of the molecule is CCOC(=O)[C@H]1CCCN(c2ncccc2-c2nnc(-c3ccc(C)cc3)o2)C1. The van der Waals surface area contributed by atoms with E-state index in [1.54, 1.807) is 6.20 Å². The highest BCUT2D eigenvalue weighted by atomic mass is 16.5. The first-order chi connectivity index (χ1) is 14.2. The lowest BCUT2D eigenvalue weighted by Crippen LogP contribution is -2.40. The highest BCUT2D eigenvalue weighted by molar-refractivity contribution is 5.75. The number of benzene rings is 1. The molecule has 0 unspecified atom stereocenters. The summed E-state index contributed by atoms with van der Waals surface area (Å²) in [6.45, 7) is 5.65. The van der Waals surface area contributed by atoms with Gasteiger partial charge in [-0.1, -0.05) is 17.7 Å². The number of piperidine rings is 1. The fraction of sp³-hybridized carbons (Fsp3) is 0.364. The molecule has 0 aliphatic carbocycles. The summed E-state index contributed by atoms with van der Waals surface area (Å²) in [6.07, 6.45) is 3.47. The lowest BCUT2D eigenvalue weighted by molar-refractivity contribution is -0.148. The summed E-state index contributed by atoms with van der Waals surface area (Å²) >= 11 is 0. The first kappa shape index (κ1) is 19.1. The smallest absolute Gasteiger partial charge is 0.310 e. The lowest BCUT2D eigenvalue weighted by Gasteiger charge is -2.33. The summed E-state index contributed by atoms with van der Waals surface area (Å²) in [5.41, 5.74) is 2.81. The van der Waals surface area contributed by atoms with Gasteiger partial charge in [-0.2, -0.15) is 0 Å². The third-order valence-corrected chi connectivity index (χ3v) is 5.08. The number of hydrogen-bond donors (Lipinski definition) is 0. The Labute approximate surface area is 169 Å². The van der Waals surface area contributed by atoms with Gasteiger partial charge in [0.2, 0.25) is 5.89 Å². The zero-order valence-corrected chi connectivity index (χ0v) is 16.7. The number of aryl methyl sites for hydroxylation is 1. The van der Waals surface area contributed by atoms with Gasteiger partial charge >= 0.3 is 5.97 Å². The van der Waals surface area contributed by atoms with Gasteiger partial charge in [-0.3, -0.25) is 4.79 Å². The van der Waals surface area contributed by atoms with Gasteiger partial charge in [-0.25, -0.2) is 4.98 Å². The molecule has 4 rings (SSSR count). The zero-order valence-electron chi connectivity index (χ0n) is 16.7. The summed E-state index contributed by atoms with van der Waals surface area (Å²) in [5, 5.41) is 8.46. The number of esters is 1. The molecule has 1 saturated heterocycles. The molecule has 1 aliphatic rings. The van der Waals surface area contributed by atoms with E-state index in [-0.39, 0.29) is 11.9 Å². The number of anilines is 1. The quantitative estimate of drug-likeness (QED) is 0.609. The number of nitrogens with zero attached hydrogens (tertiary/aromatic N) is 4. The molecule has 1 fully saturated rings. The minimum atomic E-state index is -0.149. The summed E-state index contributed by atoms with van der Waals surface area (Å²) < 4.78 is 11.2. The van der Waals surface area contributed by atoms with Crippen molar-refractivity contribution in [2.45, 2.75) is 26.7 Å². The molecular weight excluding hydrogens is 368 g/mol. The summed E-state index contributed by atoms with van der Waals surface area (Å²) in [5.74, 6) is 1.35. The standard InChI is InChI=1S/C22H24N4O3/c1-3-28-22(27)17-6-5-13-26(14-17)19-18(7-4-12-23-19)21-25-24-20(29-21)16-10-8-15(2)9-11-16/h4,7-12,17H,3,5-6,13-14H2,1-2H3/t17-/m0/s1. The molecule has 3 heterocycles. The maximum absolute atomic E-state index is 12.2. The molecule has 7 nitrogen and oxygen atoms in total. The fourth-order valence-corrected chi connectivity index (χ4v) is 3.58. The maximum Gasteiger partial charge on any atom is 0.310 e. The summed E-state index contributed by atoms with van der Waals surface area (Å²) in [6, 6.07) is 11.7. The van der Waals surface area contributed by atoms with E-state index in [1.807, 2.05) is 50.2 Å². The normalized spacial score (nSPS) is 16.6. The monoisotopic (exact) mass is 392 g/mol. The Balaban J connectivity index is 1.60. The molecule has 2 aromatic heterocycles. The highest BCUT2D eigenvalue weighted by Crippen LogP contribution is 2.32. The minimum Gasteiger partial charge on any atom is -0.466 e. The van der Waals surface area contributed by atoms with E-state index in [9.17, 15) is 4.79 Å². The third kappa shape index (κ3) is 4.13. The second-order valence-corrected chi connectivity index (χ2v) is 7.19. The Kier molecular flexibility index (Phi) is 5.55. The largest absolute Gasteiger partial charge is 0.466 e. The molecule has 1 atom stereocenters. The molecule has 0 spiro atoms. The van der Waals surface area contributed by atoms with Crippen LogP contribution in [0.3, 0.4) is 0 Å². The van der Waals surface area contributed by atoms with Gasteiger partial charge in [0.1, 0.15) is 5.82 Å². The van der Waals surface area contributed by atoms with E-state index in [4.69, 9.17) is 9.15 Å². The van der Waals surface area contributed by atoms with Gasteiger partial charge in [0.25, 0.3) is 5.89 Å². The Morgan fingerprint density at radius 2 is 2.00 bits per heavy atom. The topological polar surface area (TPSA) is 81.4 Å². The third-order valence-electron chi connectivity index (χ3n) is 5.08. The van der Waals surface area contributed by atoms with Gasteiger partial charge < -0.3 is 14.1 Å². The van der Waals surface area contributed by atoms with Crippen LogP contribution in [0.15, 0.2) is 47.0 Å². The number of pyridine rings is 1. The highest BCUT2D eigenvalue weighted by Gasteiger charge is 2.29. The number of ether oxygens (including phenoxy) is 1. The Hall–Kier alpha value is -3.22. The van der Waals surface area contributed by atoms with Gasteiger partial charge in [0.15, 0.2) is 0 Å². The van der Waals surface area contributed by atoms with Crippen LogP contribution in [-0.4, -0.2) is 40.8 Å². The first-order valence-electron chi connectivity index (χ1n) is 9.93. The average molecular weight is 392 g/mol. The van der Waals surface area contributed by atoms with E-state index >= 15 is 0 Å². The number of aromatic nitrogens is 3. The molecule has 150 valence electrons. The van der Waals surface area contributed by atoms with Crippen molar-refractivity contribution in [3.63, 3.8) is 0 Å². The number of carbonyl (C=O) groups is 1. The molecule has 0 radical (unpaired) electrons. The number of rotatable bonds is 5. The Morgan fingerprint density at radius 3 is 2.79 bits per heavy atom. The molecule has 0 bridgehead atoms. The Bertz CT molecular complexity index is 984.